The molecule has 1 heterocycles. The predicted molar refractivity (Wildman–Crippen MR) is 86.5 cm³/mol. The van der Waals surface area contributed by atoms with Crippen molar-refractivity contribution < 1.29 is 0 Å². The quantitative estimate of drug-likeness (QED) is 0.592. The summed E-state index contributed by atoms with van der Waals surface area (Å²) in [6.45, 7) is 11.8. The molecule has 0 bridgehead atoms. The van der Waals surface area contributed by atoms with Crippen molar-refractivity contribution in [1.82, 2.24) is 10.2 Å². The van der Waals surface area contributed by atoms with Gasteiger partial charge < -0.3 is 0 Å². The van der Waals surface area contributed by atoms with E-state index in [1.807, 2.05) is 6.07 Å². The van der Waals surface area contributed by atoms with Gasteiger partial charge in [-0.05, 0) is 0 Å². The van der Waals surface area contributed by atoms with E-state index in [2.05, 4.69) is 66.4 Å². The molecule has 0 aliphatic rings. The second-order valence-electron chi connectivity index (χ2n) is 4.87. The minimum absolute atomic E-state index is 1.05. The maximum absolute atomic E-state index is 4.46. The van der Waals surface area contributed by atoms with Gasteiger partial charge in [0.25, 0.3) is 0 Å². The van der Waals surface area contributed by atoms with Crippen molar-refractivity contribution in [1.29, 1.82) is 0 Å². The molecule has 0 unspecified atom stereocenters. The summed E-state index contributed by atoms with van der Waals surface area (Å²) in [6.07, 6.45) is 6.16. The zero-order valence-corrected chi connectivity index (χ0v) is 14.1. The average molecular weight is 359 g/mol. The van der Waals surface area contributed by atoms with Crippen molar-refractivity contribution in [3.8, 4) is 0 Å². The van der Waals surface area contributed by atoms with Crippen LogP contribution in [0.25, 0.3) is 10.9 Å². The summed E-state index contributed by atoms with van der Waals surface area (Å²) in [7, 11) is 0. The molecule has 1 N–H and O–H groups in total. The Morgan fingerprint density at radius 3 is 2.16 bits per heavy atom. The van der Waals surface area contributed by atoms with Crippen molar-refractivity contribution in [3.63, 3.8) is 0 Å². The fraction of sp³-hybridized carbons (Fsp3) is 0.188. The van der Waals surface area contributed by atoms with Crippen molar-refractivity contribution >= 4 is 33.0 Å². The molecule has 3 heteroatoms. The van der Waals surface area contributed by atoms with Crippen molar-refractivity contribution in [3.05, 3.63) is 62.2 Å². The summed E-state index contributed by atoms with van der Waals surface area (Å²) >= 11 is -2.62. The summed E-state index contributed by atoms with van der Waals surface area (Å²) in [5, 5.41) is 9.03. The Labute approximate surface area is 118 Å². The van der Waals surface area contributed by atoms with Crippen LogP contribution in [0.15, 0.2) is 62.2 Å². The van der Waals surface area contributed by atoms with E-state index in [9.17, 15) is 0 Å². The van der Waals surface area contributed by atoms with Gasteiger partial charge in [0.05, 0.1) is 0 Å². The number of nitrogens with zero attached hydrogens (tertiary/aromatic N) is 1. The Bertz CT molecular complexity index is 571. The van der Waals surface area contributed by atoms with Gasteiger partial charge in [0.2, 0.25) is 0 Å². The Balaban J connectivity index is 2.61. The number of benzene rings is 1. The van der Waals surface area contributed by atoms with Crippen molar-refractivity contribution in [2.24, 2.45) is 0 Å². The number of aromatic amines is 1. The van der Waals surface area contributed by atoms with Crippen LogP contribution in [0.1, 0.15) is 0 Å². The first-order valence-corrected chi connectivity index (χ1v) is 14.0. The van der Waals surface area contributed by atoms with Gasteiger partial charge in [0.1, 0.15) is 0 Å². The SMILES string of the molecule is C=C[CH2][Sn]([CH2]C=C)([CH2]C=C)[c]1[nH]nc2ccccc12. The summed E-state index contributed by atoms with van der Waals surface area (Å²) in [6, 6.07) is 8.32. The molecule has 2 nitrogen and oxygen atoms in total. The monoisotopic (exact) mass is 360 g/mol. The number of allylic oxidation sites excluding steroid dienone is 3. The van der Waals surface area contributed by atoms with Crippen LogP contribution >= 0.6 is 0 Å². The Kier molecular flexibility index (Phi) is 4.64. The van der Waals surface area contributed by atoms with Crippen molar-refractivity contribution in [2.75, 3.05) is 0 Å². The molecule has 98 valence electrons. The first-order chi connectivity index (χ1) is 9.27. The number of rotatable bonds is 7. The van der Waals surface area contributed by atoms with Crippen LogP contribution in [0, 0.1) is 0 Å². The fourth-order valence-electron chi connectivity index (χ4n) is 2.75. The van der Waals surface area contributed by atoms with E-state index in [4.69, 9.17) is 0 Å². The number of hydrogen-bond acceptors (Lipinski definition) is 1. The van der Waals surface area contributed by atoms with Gasteiger partial charge in [-0.15, -0.1) is 0 Å². The number of para-hydroxylation sites is 1. The minimum atomic E-state index is -2.62. The van der Waals surface area contributed by atoms with Crippen LogP contribution in [-0.4, -0.2) is 28.6 Å². The van der Waals surface area contributed by atoms with Gasteiger partial charge in [-0.3, -0.25) is 0 Å². The van der Waals surface area contributed by atoms with Gasteiger partial charge >= 0.3 is 119 Å². The third-order valence-corrected chi connectivity index (χ3v) is 16.9. The second-order valence-corrected chi connectivity index (χ2v) is 17.1. The first-order valence-electron chi connectivity index (χ1n) is 6.53. The molecule has 0 saturated heterocycles. The molecule has 0 saturated carbocycles. The Hall–Kier alpha value is -1.29. The number of aromatic nitrogens is 2. The first kappa shape index (κ1) is 14.1. The van der Waals surface area contributed by atoms with E-state index in [1.54, 1.807) is 0 Å². The van der Waals surface area contributed by atoms with E-state index in [-0.39, 0.29) is 0 Å². The number of fused-ring (bicyclic) bond motifs is 1. The van der Waals surface area contributed by atoms with Crippen LogP contribution in [0.3, 0.4) is 0 Å². The Morgan fingerprint density at radius 2 is 1.58 bits per heavy atom. The summed E-state index contributed by atoms with van der Waals surface area (Å²) in [5.74, 6) is 0. The van der Waals surface area contributed by atoms with Gasteiger partial charge in [-0.2, -0.15) is 0 Å². The van der Waals surface area contributed by atoms with E-state index >= 15 is 0 Å². The molecular weight excluding hydrogens is 339 g/mol. The number of hydrogen-bond donors (Lipinski definition) is 1. The van der Waals surface area contributed by atoms with Crippen LogP contribution in [-0.2, 0) is 0 Å². The molecular formula is C16H20N2Sn. The normalized spacial score (nSPS) is 11.4. The molecule has 0 fully saturated rings. The van der Waals surface area contributed by atoms with Gasteiger partial charge in [-0.1, -0.05) is 0 Å². The number of H-pyrrole nitrogens is 1. The average Bonchev–Trinajstić information content (AvgIpc) is 2.84. The zero-order valence-electron chi connectivity index (χ0n) is 11.2. The zero-order chi connectivity index (χ0) is 13.7. The molecule has 0 aliphatic heterocycles. The Morgan fingerprint density at radius 1 is 1.00 bits per heavy atom. The van der Waals surface area contributed by atoms with E-state index < -0.39 is 18.4 Å². The summed E-state index contributed by atoms with van der Waals surface area (Å²) < 4.78 is 4.61. The number of nitrogens with one attached hydrogen (secondary N) is 1. The van der Waals surface area contributed by atoms with Gasteiger partial charge in [-0.25, -0.2) is 0 Å². The molecule has 2 aromatic rings. The van der Waals surface area contributed by atoms with Crippen LogP contribution in [0.4, 0.5) is 0 Å². The van der Waals surface area contributed by atoms with Crippen LogP contribution in [0.5, 0.6) is 0 Å². The molecule has 0 aliphatic carbocycles. The molecule has 2 rings (SSSR count). The van der Waals surface area contributed by atoms with Crippen LogP contribution in [0.2, 0.25) is 13.3 Å². The van der Waals surface area contributed by atoms with Crippen molar-refractivity contribution in [2.45, 2.75) is 13.3 Å². The van der Waals surface area contributed by atoms with E-state index in [1.165, 1.54) is 9.10 Å². The maximum atomic E-state index is 4.46. The molecule has 0 atom stereocenters. The van der Waals surface area contributed by atoms with Gasteiger partial charge in [0, 0.05) is 0 Å². The van der Waals surface area contributed by atoms with E-state index in [0.717, 1.165) is 18.8 Å². The fourth-order valence-corrected chi connectivity index (χ4v) is 13.7. The molecule has 0 radical (unpaired) electrons. The molecule has 1 aromatic heterocycles. The molecule has 19 heavy (non-hydrogen) atoms. The van der Waals surface area contributed by atoms with E-state index in [0.29, 0.717) is 0 Å². The predicted octanol–water partition coefficient (Wildman–Crippen LogP) is 3.78. The third kappa shape index (κ3) is 2.68. The molecule has 0 spiro atoms. The van der Waals surface area contributed by atoms with Gasteiger partial charge in [0.15, 0.2) is 0 Å². The molecule has 1 aromatic carbocycles. The molecule has 0 amide bonds. The van der Waals surface area contributed by atoms with Crippen LogP contribution < -0.4 is 3.71 Å². The third-order valence-electron chi connectivity index (χ3n) is 3.60. The second kappa shape index (κ2) is 6.24. The standard InChI is InChI=1S/C7H5N2.3C3H5.Sn/c1-2-4-7-6(3-1)5-8-9-7;3*1-3-2;/h1-4H,(H,8,9);3*3H,1-2H2;. The summed E-state index contributed by atoms with van der Waals surface area (Å²) in [5.41, 5.74) is 1.05. The summed E-state index contributed by atoms with van der Waals surface area (Å²) in [4.78, 5) is 0. The topological polar surface area (TPSA) is 28.7 Å².